The number of rotatable bonds is 7. The van der Waals surface area contributed by atoms with E-state index in [1.807, 2.05) is 41.8 Å². The molecular formula is C19H18N2O4S. The zero-order valence-corrected chi connectivity index (χ0v) is 15.0. The maximum atomic E-state index is 12.4. The number of furan rings is 1. The first-order valence-corrected chi connectivity index (χ1v) is 8.93. The number of thiazole rings is 1. The van der Waals surface area contributed by atoms with Gasteiger partial charge in [-0.05, 0) is 17.7 Å². The zero-order chi connectivity index (χ0) is 18.4. The number of aromatic nitrogens is 1. The molecule has 134 valence electrons. The van der Waals surface area contributed by atoms with E-state index in [1.54, 1.807) is 12.3 Å². The second-order valence-electron chi connectivity index (χ2n) is 5.63. The third-order valence-corrected chi connectivity index (χ3v) is 4.63. The average molecular weight is 370 g/mol. The van der Waals surface area contributed by atoms with Crippen LogP contribution in [0.25, 0.3) is 10.8 Å². The highest BCUT2D eigenvalue weighted by Crippen LogP contribution is 2.24. The normalized spacial score (nSPS) is 11.7. The van der Waals surface area contributed by atoms with Crippen molar-refractivity contribution >= 4 is 23.2 Å². The largest absolute Gasteiger partial charge is 0.467 e. The van der Waals surface area contributed by atoms with E-state index in [9.17, 15) is 9.59 Å². The average Bonchev–Trinajstić information content (AvgIpc) is 3.33. The van der Waals surface area contributed by atoms with Gasteiger partial charge in [0.15, 0.2) is 10.8 Å². The van der Waals surface area contributed by atoms with Crippen molar-refractivity contribution in [1.29, 1.82) is 0 Å². The molecule has 0 saturated carbocycles. The lowest BCUT2D eigenvalue weighted by Gasteiger charge is -2.16. The summed E-state index contributed by atoms with van der Waals surface area (Å²) in [7, 11) is 1.31. The predicted octanol–water partition coefficient (Wildman–Crippen LogP) is 2.85. The zero-order valence-electron chi connectivity index (χ0n) is 14.2. The molecule has 0 unspecified atom stereocenters. The van der Waals surface area contributed by atoms with Gasteiger partial charge in [0.2, 0.25) is 5.91 Å². The van der Waals surface area contributed by atoms with Crippen LogP contribution in [0.5, 0.6) is 0 Å². The maximum absolute atomic E-state index is 12.4. The predicted molar refractivity (Wildman–Crippen MR) is 97.6 cm³/mol. The van der Waals surface area contributed by atoms with Crippen molar-refractivity contribution < 1.29 is 18.7 Å². The van der Waals surface area contributed by atoms with Gasteiger partial charge in [0.05, 0.1) is 25.5 Å². The van der Waals surface area contributed by atoms with E-state index in [-0.39, 0.29) is 12.3 Å². The molecule has 26 heavy (non-hydrogen) atoms. The van der Waals surface area contributed by atoms with Crippen LogP contribution in [0.4, 0.5) is 0 Å². The Balaban J connectivity index is 1.63. The van der Waals surface area contributed by atoms with Crippen LogP contribution in [0.1, 0.15) is 11.3 Å². The number of ether oxygens (including phenoxy) is 1. The molecule has 0 aliphatic heterocycles. The fourth-order valence-electron chi connectivity index (χ4n) is 2.50. The summed E-state index contributed by atoms with van der Waals surface area (Å²) in [6, 6.07) is 12.3. The van der Waals surface area contributed by atoms with Gasteiger partial charge in [-0.3, -0.25) is 4.79 Å². The van der Waals surface area contributed by atoms with Gasteiger partial charge < -0.3 is 14.5 Å². The number of nitrogens with one attached hydrogen (secondary N) is 1. The number of benzene rings is 1. The highest BCUT2D eigenvalue weighted by molar-refractivity contribution is 7.13. The summed E-state index contributed by atoms with van der Waals surface area (Å²) in [6.45, 7) is 0. The molecule has 0 radical (unpaired) electrons. The molecule has 3 rings (SSSR count). The Kier molecular flexibility index (Phi) is 5.80. The third-order valence-electron chi connectivity index (χ3n) is 3.73. The quantitative estimate of drug-likeness (QED) is 0.647. The first-order chi connectivity index (χ1) is 12.7. The Morgan fingerprint density at radius 1 is 1.23 bits per heavy atom. The summed E-state index contributed by atoms with van der Waals surface area (Å²) in [4.78, 5) is 28.7. The monoisotopic (exact) mass is 370 g/mol. The number of nitrogens with zero attached hydrogens (tertiary/aromatic N) is 1. The molecule has 2 aromatic heterocycles. The second kappa shape index (κ2) is 8.44. The summed E-state index contributed by atoms with van der Waals surface area (Å²) in [5.74, 6) is -0.0949. The fourth-order valence-corrected chi connectivity index (χ4v) is 3.28. The maximum Gasteiger partial charge on any atom is 0.328 e. The lowest BCUT2D eigenvalue weighted by Crippen LogP contribution is -2.43. The van der Waals surface area contributed by atoms with Crippen molar-refractivity contribution in [2.75, 3.05) is 7.11 Å². The van der Waals surface area contributed by atoms with Gasteiger partial charge in [0, 0.05) is 11.8 Å². The van der Waals surface area contributed by atoms with E-state index >= 15 is 0 Å². The molecule has 1 atom stereocenters. The van der Waals surface area contributed by atoms with E-state index in [1.165, 1.54) is 18.4 Å². The molecule has 0 spiro atoms. The minimum Gasteiger partial charge on any atom is -0.467 e. The van der Waals surface area contributed by atoms with Crippen LogP contribution in [0, 0.1) is 0 Å². The third kappa shape index (κ3) is 4.58. The van der Waals surface area contributed by atoms with E-state index < -0.39 is 12.0 Å². The molecular weight excluding hydrogens is 352 g/mol. The van der Waals surface area contributed by atoms with Crippen molar-refractivity contribution in [3.8, 4) is 10.8 Å². The molecule has 0 bridgehead atoms. The Morgan fingerprint density at radius 2 is 2.04 bits per heavy atom. The van der Waals surface area contributed by atoms with Gasteiger partial charge >= 0.3 is 5.97 Å². The SMILES string of the molecule is COC(=O)[C@@H](Cc1ccccc1)NC(=O)Cc1csc(-c2ccco2)n1. The number of carbonyl (C=O) groups excluding carboxylic acids is 2. The van der Waals surface area contributed by atoms with E-state index in [2.05, 4.69) is 10.3 Å². The van der Waals surface area contributed by atoms with E-state index in [0.717, 1.165) is 5.56 Å². The molecule has 1 aromatic carbocycles. The van der Waals surface area contributed by atoms with Crippen LogP contribution in [-0.4, -0.2) is 30.0 Å². The fraction of sp³-hybridized carbons (Fsp3) is 0.211. The van der Waals surface area contributed by atoms with Crippen molar-refractivity contribution in [3.05, 3.63) is 65.4 Å². The molecule has 0 aliphatic carbocycles. The summed E-state index contributed by atoms with van der Waals surface area (Å²) in [6.07, 6.45) is 2.03. The minimum atomic E-state index is -0.738. The van der Waals surface area contributed by atoms with Crippen molar-refractivity contribution in [1.82, 2.24) is 10.3 Å². The molecule has 1 N–H and O–H groups in total. The summed E-state index contributed by atoms with van der Waals surface area (Å²) >= 11 is 1.41. The molecule has 2 heterocycles. The number of esters is 1. The lowest BCUT2D eigenvalue weighted by atomic mass is 10.1. The second-order valence-corrected chi connectivity index (χ2v) is 6.49. The topological polar surface area (TPSA) is 81.4 Å². The smallest absolute Gasteiger partial charge is 0.328 e. The van der Waals surface area contributed by atoms with E-state index in [4.69, 9.17) is 9.15 Å². The van der Waals surface area contributed by atoms with E-state index in [0.29, 0.717) is 22.9 Å². The number of amides is 1. The number of carbonyl (C=O) groups is 2. The minimum absolute atomic E-state index is 0.0828. The van der Waals surface area contributed by atoms with Gasteiger partial charge in [-0.2, -0.15) is 0 Å². The standard InChI is InChI=1S/C19H18N2O4S/c1-24-19(23)15(10-13-6-3-2-4-7-13)21-17(22)11-14-12-26-18(20-14)16-8-5-9-25-16/h2-9,12,15H,10-11H2,1H3,(H,21,22)/t15-/m1/s1. The summed E-state index contributed by atoms with van der Waals surface area (Å²) in [5.41, 5.74) is 1.57. The molecule has 6 nitrogen and oxygen atoms in total. The van der Waals surface area contributed by atoms with Crippen molar-refractivity contribution in [2.24, 2.45) is 0 Å². The van der Waals surface area contributed by atoms with Crippen molar-refractivity contribution in [3.63, 3.8) is 0 Å². The van der Waals surface area contributed by atoms with Crippen LogP contribution >= 0.6 is 11.3 Å². The summed E-state index contributed by atoms with van der Waals surface area (Å²) in [5, 5.41) is 5.26. The first kappa shape index (κ1) is 17.9. The van der Waals surface area contributed by atoms with Crippen LogP contribution in [0.3, 0.4) is 0 Å². The number of methoxy groups -OCH3 is 1. The van der Waals surface area contributed by atoms with Crippen LogP contribution < -0.4 is 5.32 Å². The number of hydrogen-bond acceptors (Lipinski definition) is 6. The molecule has 7 heteroatoms. The Bertz CT molecular complexity index is 859. The van der Waals surface area contributed by atoms with Gasteiger partial charge in [-0.1, -0.05) is 30.3 Å². The molecule has 0 aliphatic rings. The van der Waals surface area contributed by atoms with Gasteiger partial charge in [-0.25, -0.2) is 9.78 Å². The molecule has 0 fully saturated rings. The highest BCUT2D eigenvalue weighted by atomic mass is 32.1. The first-order valence-electron chi connectivity index (χ1n) is 8.05. The molecule has 1 amide bonds. The lowest BCUT2D eigenvalue weighted by molar-refractivity contribution is -0.145. The van der Waals surface area contributed by atoms with Gasteiger partial charge in [0.1, 0.15) is 6.04 Å². The highest BCUT2D eigenvalue weighted by Gasteiger charge is 2.22. The van der Waals surface area contributed by atoms with Crippen LogP contribution in [0.15, 0.2) is 58.5 Å². The van der Waals surface area contributed by atoms with Crippen LogP contribution in [-0.2, 0) is 27.2 Å². The molecule has 0 saturated heterocycles. The van der Waals surface area contributed by atoms with Crippen molar-refractivity contribution in [2.45, 2.75) is 18.9 Å². The van der Waals surface area contributed by atoms with Gasteiger partial charge in [-0.15, -0.1) is 11.3 Å². The van der Waals surface area contributed by atoms with Gasteiger partial charge in [0.25, 0.3) is 0 Å². The summed E-state index contributed by atoms with van der Waals surface area (Å²) < 4.78 is 10.1. The Hall–Kier alpha value is -2.93. The Labute approximate surface area is 154 Å². The molecule has 3 aromatic rings. The number of hydrogen-bond donors (Lipinski definition) is 1. The van der Waals surface area contributed by atoms with Crippen LogP contribution in [0.2, 0.25) is 0 Å². The Morgan fingerprint density at radius 3 is 2.73 bits per heavy atom.